The Labute approximate surface area is 180 Å². The average molecular weight is 449 g/mol. The van der Waals surface area contributed by atoms with Crippen LogP contribution < -0.4 is 16.0 Å². The predicted octanol–water partition coefficient (Wildman–Crippen LogP) is 2.34. The van der Waals surface area contributed by atoms with E-state index in [2.05, 4.69) is 32.4 Å². The van der Waals surface area contributed by atoms with Crippen molar-refractivity contribution in [3.63, 3.8) is 0 Å². The second-order valence-electron chi connectivity index (χ2n) is 6.04. The van der Waals surface area contributed by atoms with Gasteiger partial charge in [0.15, 0.2) is 5.84 Å². The van der Waals surface area contributed by atoms with E-state index in [1.807, 2.05) is 12.1 Å². The number of anilines is 1. The highest BCUT2D eigenvalue weighted by Crippen LogP contribution is 2.23. The van der Waals surface area contributed by atoms with Crippen molar-refractivity contribution in [1.82, 2.24) is 10.2 Å². The Hall–Kier alpha value is -0.630. The quantitative estimate of drug-likeness (QED) is 0.286. The van der Waals surface area contributed by atoms with Crippen molar-refractivity contribution < 1.29 is 5.21 Å². The summed E-state index contributed by atoms with van der Waals surface area (Å²) in [7, 11) is 0. The molecule has 0 radical (unpaired) electrons. The summed E-state index contributed by atoms with van der Waals surface area (Å²) in [5, 5.41) is 15.2. The van der Waals surface area contributed by atoms with E-state index in [1.54, 1.807) is 0 Å². The van der Waals surface area contributed by atoms with Crippen LogP contribution in [0.3, 0.4) is 0 Å². The second-order valence-corrected chi connectivity index (χ2v) is 6.04. The number of amidine groups is 1. The summed E-state index contributed by atoms with van der Waals surface area (Å²) in [5.74, 6) is 0.156. The minimum Gasteiger partial charge on any atom is -0.409 e. The standard InChI is InChI=1S/C16H25N5O.4ClH/c17-16(19-22)13-1-3-14(4-2-13)20-9-5-15(6-10-20)21-11-7-18-8-12-21;;;;/h1-4,15,18,22H,5-12H2,(H2,17,19);4*1H. The molecule has 0 spiro atoms. The highest BCUT2D eigenvalue weighted by atomic mass is 35.5. The largest absolute Gasteiger partial charge is 0.409 e. The molecule has 0 atom stereocenters. The summed E-state index contributed by atoms with van der Waals surface area (Å²) in [5.41, 5.74) is 7.57. The fraction of sp³-hybridized carbons (Fsp3) is 0.562. The van der Waals surface area contributed by atoms with Crippen LogP contribution in [-0.2, 0) is 0 Å². The van der Waals surface area contributed by atoms with Gasteiger partial charge in [-0.25, -0.2) is 0 Å². The number of oxime groups is 1. The van der Waals surface area contributed by atoms with Gasteiger partial charge in [0.05, 0.1) is 0 Å². The number of halogens is 4. The lowest BCUT2D eigenvalue weighted by Crippen LogP contribution is -2.52. The van der Waals surface area contributed by atoms with Gasteiger partial charge in [-0.05, 0) is 37.1 Å². The number of rotatable bonds is 3. The van der Waals surface area contributed by atoms with Crippen LogP contribution in [0, 0.1) is 0 Å². The molecule has 0 bridgehead atoms. The summed E-state index contributed by atoms with van der Waals surface area (Å²) in [6.45, 7) is 6.79. The van der Waals surface area contributed by atoms with Crippen molar-refractivity contribution >= 4 is 61.2 Å². The number of nitrogens with one attached hydrogen (secondary N) is 1. The molecule has 2 saturated heterocycles. The van der Waals surface area contributed by atoms with Crippen molar-refractivity contribution in [2.75, 3.05) is 44.2 Å². The summed E-state index contributed by atoms with van der Waals surface area (Å²) in [6.07, 6.45) is 2.45. The third kappa shape index (κ3) is 6.83. The highest BCUT2D eigenvalue weighted by Gasteiger charge is 2.25. The second kappa shape index (κ2) is 13.5. The number of benzene rings is 1. The number of nitrogens with zero attached hydrogens (tertiary/aromatic N) is 3. The number of piperidine rings is 1. The van der Waals surface area contributed by atoms with Crippen LogP contribution in [0.2, 0.25) is 0 Å². The van der Waals surface area contributed by atoms with Gasteiger partial charge in [-0.1, -0.05) is 5.16 Å². The first-order valence-electron chi connectivity index (χ1n) is 8.05. The van der Waals surface area contributed by atoms with Crippen LogP contribution in [0.4, 0.5) is 5.69 Å². The molecule has 4 N–H and O–H groups in total. The Balaban J connectivity index is 0. The predicted molar refractivity (Wildman–Crippen MR) is 118 cm³/mol. The van der Waals surface area contributed by atoms with E-state index in [-0.39, 0.29) is 55.5 Å². The highest BCUT2D eigenvalue weighted by molar-refractivity contribution is 5.97. The first-order chi connectivity index (χ1) is 10.8. The zero-order valence-electron chi connectivity index (χ0n) is 14.5. The van der Waals surface area contributed by atoms with Crippen molar-refractivity contribution in [3.05, 3.63) is 29.8 Å². The van der Waals surface area contributed by atoms with Gasteiger partial charge in [0, 0.05) is 56.6 Å². The van der Waals surface area contributed by atoms with Gasteiger partial charge in [-0.2, -0.15) is 0 Å². The van der Waals surface area contributed by atoms with Gasteiger partial charge in [0.1, 0.15) is 0 Å². The molecule has 0 unspecified atom stereocenters. The molecule has 26 heavy (non-hydrogen) atoms. The Morgan fingerprint density at radius 1 is 0.962 bits per heavy atom. The molecule has 152 valence electrons. The molecule has 1 aromatic rings. The molecule has 2 aliphatic heterocycles. The van der Waals surface area contributed by atoms with E-state index < -0.39 is 0 Å². The SMILES string of the molecule is Cl.Cl.Cl.Cl.NC(=NO)c1ccc(N2CCC(N3CCNCC3)CC2)cc1. The van der Waals surface area contributed by atoms with Crippen LogP contribution in [0.1, 0.15) is 18.4 Å². The van der Waals surface area contributed by atoms with Crippen molar-refractivity contribution in [1.29, 1.82) is 0 Å². The molecular formula is C16H29Cl4N5O. The van der Waals surface area contributed by atoms with E-state index >= 15 is 0 Å². The van der Waals surface area contributed by atoms with Crippen LogP contribution in [0.5, 0.6) is 0 Å². The molecule has 10 heteroatoms. The monoisotopic (exact) mass is 447 g/mol. The number of nitrogens with two attached hydrogens (primary N) is 1. The van der Waals surface area contributed by atoms with Gasteiger partial charge in [-0.3, -0.25) is 4.90 Å². The van der Waals surface area contributed by atoms with Crippen LogP contribution in [0.15, 0.2) is 29.4 Å². The Morgan fingerprint density at radius 3 is 2.00 bits per heavy atom. The number of hydrogen-bond donors (Lipinski definition) is 3. The minimum atomic E-state index is 0. The molecule has 3 rings (SSSR count). The zero-order valence-corrected chi connectivity index (χ0v) is 17.8. The average Bonchev–Trinajstić information content (AvgIpc) is 2.62. The minimum absolute atomic E-state index is 0. The first-order valence-corrected chi connectivity index (χ1v) is 8.05. The summed E-state index contributed by atoms with van der Waals surface area (Å²) < 4.78 is 0. The number of piperazine rings is 1. The summed E-state index contributed by atoms with van der Waals surface area (Å²) in [4.78, 5) is 5.06. The third-order valence-electron chi connectivity index (χ3n) is 4.77. The maximum atomic E-state index is 8.70. The van der Waals surface area contributed by atoms with Crippen molar-refractivity contribution in [2.24, 2.45) is 10.9 Å². The van der Waals surface area contributed by atoms with E-state index in [1.165, 1.54) is 31.6 Å². The lowest BCUT2D eigenvalue weighted by atomic mass is 10.0. The Morgan fingerprint density at radius 2 is 1.50 bits per heavy atom. The van der Waals surface area contributed by atoms with E-state index in [0.717, 1.165) is 37.8 Å². The van der Waals surface area contributed by atoms with E-state index in [0.29, 0.717) is 0 Å². The molecule has 6 nitrogen and oxygen atoms in total. The Bertz CT molecular complexity index is 518. The first kappa shape index (κ1) is 27.6. The van der Waals surface area contributed by atoms with Gasteiger partial charge in [0.25, 0.3) is 0 Å². The molecule has 0 aromatic heterocycles. The lowest BCUT2D eigenvalue weighted by Gasteiger charge is -2.41. The summed E-state index contributed by atoms with van der Waals surface area (Å²) >= 11 is 0. The van der Waals surface area contributed by atoms with Crippen LogP contribution >= 0.6 is 49.6 Å². The topological polar surface area (TPSA) is 77.1 Å². The molecule has 2 fully saturated rings. The maximum absolute atomic E-state index is 8.70. The van der Waals surface area contributed by atoms with Crippen LogP contribution in [-0.4, -0.2) is 61.3 Å². The Kier molecular flexibility index (Phi) is 14.4. The van der Waals surface area contributed by atoms with Crippen molar-refractivity contribution in [3.8, 4) is 0 Å². The van der Waals surface area contributed by atoms with Crippen LogP contribution in [0.25, 0.3) is 0 Å². The molecule has 1 aromatic carbocycles. The lowest BCUT2D eigenvalue weighted by molar-refractivity contribution is 0.150. The molecule has 0 saturated carbocycles. The molecule has 0 aliphatic carbocycles. The third-order valence-corrected chi connectivity index (χ3v) is 4.77. The molecular weight excluding hydrogens is 420 g/mol. The van der Waals surface area contributed by atoms with E-state index in [4.69, 9.17) is 10.9 Å². The molecule has 0 amide bonds. The zero-order chi connectivity index (χ0) is 15.4. The fourth-order valence-electron chi connectivity index (χ4n) is 3.44. The van der Waals surface area contributed by atoms with Gasteiger partial charge in [0.2, 0.25) is 0 Å². The van der Waals surface area contributed by atoms with Crippen molar-refractivity contribution in [2.45, 2.75) is 18.9 Å². The molecule has 2 heterocycles. The van der Waals surface area contributed by atoms with Gasteiger partial charge in [-0.15, -0.1) is 49.6 Å². The van der Waals surface area contributed by atoms with E-state index in [9.17, 15) is 0 Å². The summed E-state index contributed by atoms with van der Waals surface area (Å²) in [6, 6.07) is 8.66. The smallest absolute Gasteiger partial charge is 0.170 e. The number of hydrogen-bond acceptors (Lipinski definition) is 5. The fourth-order valence-corrected chi connectivity index (χ4v) is 3.44. The molecule has 2 aliphatic rings. The van der Waals surface area contributed by atoms with Gasteiger partial charge >= 0.3 is 0 Å². The maximum Gasteiger partial charge on any atom is 0.170 e. The van der Waals surface area contributed by atoms with Gasteiger partial charge < -0.3 is 21.2 Å². The normalized spacial score (nSPS) is 18.6.